The summed E-state index contributed by atoms with van der Waals surface area (Å²) in [5.74, 6) is 2.10. The van der Waals surface area contributed by atoms with Gasteiger partial charge >= 0.3 is 0 Å². The Labute approximate surface area is 109 Å². The number of halogens is 1. The van der Waals surface area contributed by atoms with E-state index in [9.17, 15) is 4.79 Å². The van der Waals surface area contributed by atoms with Crippen LogP contribution in [0.25, 0.3) is 0 Å². The van der Waals surface area contributed by atoms with E-state index in [4.69, 9.17) is 0 Å². The first-order valence-electron chi connectivity index (χ1n) is 6.07. The van der Waals surface area contributed by atoms with Crippen molar-refractivity contribution in [2.75, 3.05) is 0 Å². The van der Waals surface area contributed by atoms with Gasteiger partial charge < -0.3 is 4.57 Å². The molecule has 0 N–H and O–H groups in total. The van der Waals surface area contributed by atoms with Crippen molar-refractivity contribution in [3.05, 3.63) is 31.8 Å². The van der Waals surface area contributed by atoms with E-state index in [0.29, 0.717) is 5.92 Å². The minimum atomic E-state index is 0.200. The van der Waals surface area contributed by atoms with Crippen LogP contribution in [0.1, 0.15) is 37.8 Å². The van der Waals surface area contributed by atoms with Gasteiger partial charge in [0.15, 0.2) is 0 Å². The summed E-state index contributed by atoms with van der Waals surface area (Å²) in [6, 6.07) is 3.97. The third-order valence-corrected chi connectivity index (χ3v) is 5.01. The fourth-order valence-corrected chi connectivity index (χ4v) is 4.04. The largest absolute Gasteiger partial charge is 0.312 e. The van der Waals surface area contributed by atoms with E-state index in [2.05, 4.69) is 35.6 Å². The minimum Gasteiger partial charge on any atom is -0.312 e. The first-order chi connectivity index (χ1) is 7.66. The number of hydrogen-bond donors (Lipinski definition) is 0. The molecule has 0 spiro atoms. The lowest BCUT2D eigenvalue weighted by Gasteiger charge is -2.42. The van der Waals surface area contributed by atoms with Crippen LogP contribution in [0.15, 0.2) is 16.9 Å². The number of pyridine rings is 1. The van der Waals surface area contributed by atoms with Crippen LogP contribution in [-0.4, -0.2) is 4.57 Å². The van der Waals surface area contributed by atoms with Crippen LogP contribution in [0.4, 0.5) is 0 Å². The molecule has 1 aliphatic carbocycles. The highest BCUT2D eigenvalue weighted by Crippen LogP contribution is 2.44. The number of hydrogen-bond acceptors (Lipinski definition) is 1. The van der Waals surface area contributed by atoms with Crippen molar-refractivity contribution < 1.29 is 0 Å². The Morgan fingerprint density at radius 3 is 3.00 bits per heavy atom. The van der Waals surface area contributed by atoms with E-state index >= 15 is 0 Å². The molecule has 1 fully saturated rings. The zero-order valence-electron chi connectivity index (χ0n) is 9.45. The van der Waals surface area contributed by atoms with Gasteiger partial charge in [0.05, 0.1) is 0 Å². The van der Waals surface area contributed by atoms with Crippen LogP contribution in [0.2, 0.25) is 0 Å². The maximum absolute atomic E-state index is 12.0. The highest BCUT2D eigenvalue weighted by atomic mass is 127. The number of nitrogens with zero attached hydrogens (tertiary/aromatic N) is 1. The van der Waals surface area contributed by atoms with Gasteiger partial charge in [0, 0.05) is 27.8 Å². The molecular weight excluding hydrogens is 313 g/mol. The molecule has 0 radical (unpaired) electrons. The summed E-state index contributed by atoms with van der Waals surface area (Å²) in [6.45, 7) is 3.31. The first-order valence-corrected chi connectivity index (χ1v) is 7.15. The van der Waals surface area contributed by atoms with Gasteiger partial charge in [-0.2, -0.15) is 0 Å². The highest BCUT2D eigenvalue weighted by molar-refractivity contribution is 14.1. The zero-order chi connectivity index (χ0) is 11.3. The third kappa shape index (κ3) is 1.55. The molecule has 1 aromatic rings. The average Bonchev–Trinajstić information content (AvgIpc) is 2.20. The fraction of sp³-hybridized carbons (Fsp3) is 0.615. The molecule has 3 atom stereocenters. The second kappa shape index (κ2) is 3.86. The van der Waals surface area contributed by atoms with Crippen molar-refractivity contribution in [3.63, 3.8) is 0 Å². The van der Waals surface area contributed by atoms with E-state index in [1.54, 1.807) is 6.07 Å². The standard InChI is InChI=1S/C13H16INO/c1-8-9-3-2-4-11(8)12-5-10(14)6-13(16)15(12)7-9/h5-6,8-9,11H,2-4,7H2,1H3/t8?,9?,11-/m1/s1. The Morgan fingerprint density at radius 1 is 1.38 bits per heavy atom. The predicted molar refractivity (Wildman–Crippen MR) is 72.7 cm³/mol. The lowest BCUT2D eigenvalue weighted by atomic mass is 9.69. The van der Waals surface area contributed by atoms with Gasteiger partial charge in [0.25, 0.3) is 5.56 Å². The molecule has 3 rings (SSSR count). The van der Waals surface area contributed by atoms with Crippen LogP contribution >= 0.6 is 22.6 Å². The summed E-state index contributed by atoms with van der Waals surface area (Å²) < 4.78 is 3.11. The Hall–Kier alpha value is -0.320. The molecular formula is C13H16INO. The van der Waals surface area contributed by atoms with E-state index < -0.39 is 0 Å². The van der Waals surface area contributed by atoms with E-state index in [1.165, 1.54) is 25.0 Å². The molecule has 2 bridgehead atoms. The predicted octanol–water partition coefficient (Wildman–Crippen LogP) is 2.99. The second-order valence-corrected chi connectivity index (χ2v) is 6.45. The van der Waals surface area contributed by atoms with Crippen molar-refractivity contribution in [1.29, 1.82) is 0 Å². The number of aromatic nitrogens is 1. The van der Waals surface area contributed by atoms with E-state index in [0.717, 1.165) is 22.0 Å². The smallest absolute Gasteiger partial charge is 0.251 e. The highest BCUT2D eigenvalue weighted by Gasteiger charge is 2.37. The summed E-state index contributed by atoms with van der Waals surface area (Å²) in [5.41, 5.74) is 1.49. The van der Waals surface area contributed by atoms with Crippen molar-refractivity contribution in [3.8, 4) is 0 Å². The lowest BCUT2D eigenvalue weighted by Crippen LogP contribution is -2.40. The van der Waals surface area contributed by atoms with Crippen LogP contribution in [0, 0.1) is 15.4 Å². The Kier molecular flexibility index (Phi) is 2.61. The zero-order valence-corrected chi connectivity index (χ0v) is 11.6. The third-order valence-electron chi connectivity index (χ3n) is 4.39. The van der Waals surface area contributed by atoms with Gasteiger partial charge in [-0.1, -0.05) is 13.3 Å². The van der Waals surface area contributed by atoms with Crippen molar-refractivity contribution in [1.82, 2.24) is 4.57 Å². The summed E-state index contributed by atoms with van der Waals surface area (Å²) in [6.07, 6.45) is 3.89. The number of fused-ring (bicyclic) bond motifs is 4. The van der Waals surface area contributed by atoms with Crippen LogP contribution in [0.3, 0.4) is 0 Å². The van der Waals surface area contributed by atoms with E-state index in [-0.39, 0.29) is 5.56 Å². The van der Waals surface area contributed by atoms with Gasteiger partial charge in [0.1, 0.15) is 0 Å². The van der Waals surface area contributed by atoms with Crippen molar-refractivity contribution in [2.24, 2.45) is 11.8 Å². The first kappa shape index (κ1) is 10.8. The maximum atomic E-state index is 12.0. The van der Waals surface area contributed by atoms with Crippen LogP contribution < -0.4 is 5.56 Å². The summed E-state index contributed by atoms with van der Waals surface area (Å²) in [7, 11) is 0. The Morgan fingerprint density at radius 2 is 2.19 bits per heavy atom. The molecule has 86 valence electrons. The molecule has 3 heteroatoms. The molecule has 1 aliphatic heterocycles. The topological polar surface area (TPSA) is 22.0 Å². The molecule has 16 heavy (non-hydrogen) atoms. The molecule has 1 aromatic heterocycles. The summed E-state index contributed by atoms with van der Waals surface area (Å²) >= 11 is 2.25. The van der Waals surface area contributed by atoms with Gasteiger partial charge in [0.2, 0.25) is 0 Å². The monoisotopic (exact) mass is 329 g/mol. The lowest BCUT2D eigenvalue weighted by molar-refractivity contribution is 0.157. The van der Waals surface area contributed by atoms with Gasteiger partial charge in [-0.15, -0.1) is 0 Å². The molecule has 2 aliphatic rings. The Balaban J connectivity index is 2.18. The van der Waals surface area contributed by atoms with Gasteiger partial charge in [-0.25, -0.2) is 0 Å². The van der Waals surface area contributed by atoms with Crippen LogP contribution in [-0.2, 0) is 6.54 Å². The second-order valence-electron chi connectivity index (χ2n) is 5.20. The summed E-state index contributed by atoms with van der Waals surface area (Å²) in [4.78, 5) is 12.0. The molecule has 2 unspecified atom stereocenters. The molecule has 0 saturated heterocycles. The quantitative estimate of drug-likeness (QED) is 0.671. The number of rotatable bonds is 0. The molecule has 0 aromatic carbocycles. The molecule has 2 nitrogen and oxygen atoms in total. The Bertz CT molecular complexity index is 479. The summed E-state index contributed by atoms with van der Waals surface area (Å²) in [5, 5.41) is 0. The normalized spacial score (nSPS) is 32.2. The molecule has 1 saturated carbocycles. The average molecular weight is 329 g/mol. The van der Waals surface area contributed by atoms with Gasteiger partial charge in [-0.3, -0.25) is 4.79 Å². The minimum absolute atomic E-state index is 0.200. The molecule has 0 amide bonds. The fourth-order valence-electron chi connectivity index (χ4n) is 3.45. The SMILES string of the molecule is CC1C2CCC[C@H]1c1cc(I)cc(=O)n1C2. The van der Waals surface area contributed by atoms with Crippen molar-refractivity contribution >= 4 is 22.6 Å². The molecule has 2 heterocycles. The van der Waals surface area contributed by atoms with Crippen molar-refractivity contribution in [2.45, 2.75) is 38.6 Å². The maximum Gasteiger partial charge on any atom is 0.251 e. The van der Waals surface area contributed by atoms with Gasteiger partial charge in [-0.05, 0) is 53.3 Å². The van der Waals surface area contributed by atoms with Crippen LogP contribution in [0.5, 0.6) is 0 Å². The van der Waals surface area contributed by atoms with E-state index in [1.807, 2.05) is 4.57 Å².